The van der Waals surface area contributed by atoms with Crippen LogP contribution in [-0.2, 0) is 13.2 Å². The van der Waals surface area contributed by atoms with Crippen molar-refractivity contribution in [2.45, 2.75) is 57.9 Å². The molecule has 4 N–H and O–H groups in total. The van der Waals surface area contributed by atoms with Gasteiger partial charge in [0.05, 0.1) is 19.3 Å². The van der Waals surface area contributed by atoms with E-state index in [1.807, 2.05) is 6.92 Å². The highest BCUT2D eigenvalue weighted by atomic mass is 19.1. The fourth-order valence-corrected chi connectivity index (χ4v) is 2.75. The SMILES string of the molecule is CCNC(=NCc1ccc(F)c(CO)c1)NC1CCC(O)CC1. The smallest absolute Gasteiger partial charge is 0.191 e. The molecule has 0 aromatic heterocycles. The van der Waals surface area contributed by atoms with Gasteiger partial charge in [0.1, 0.15) is 5.82 Å². The fraction of sp³-hybridized carbons (Fsp3) is 0.588. The lowest BCUT2D eigenvalue weighted by atomic mass is 9.93. The maximum Gasteiger partial charge on any atom is 0.191 e. The van der Waals surface area contributed by atoms with E-state index in [4.69, 9.17) is 5.11 Å². The van der Waals surface area contributed by atoms with Crippen molar-refractivity contribution in [3.63, 3.8) is 0 Å². The second-order valence-electron chi connectivity index (χ2n) is 5.93. The number of nitrogens with zero attached hydrogens (tertiary/aromatic N) is 1. The molecule has 128 valence electrons. The Morgan fingerprint density at radius 1 is 1.30 bits per heavy atom. The molecule has 1 aromatic carbocycles. The van der Waals surface area contributed by atoms with E-state index >= 15 is 0 Å². The van der Waals surface area contributed by atoms with Crippen LogP contribution in [0.2, 0.25) is 0 Å². The first-order valence-corrected chi connectivity index (χ1v) is 8.23. The first kappa shape index (κ1) is 17.7. The number of halogens is 1. The molecule has 1 aromatic rings. The molecule has 6 heteroatoms. The first-order valence-electron chi connectivity index (χ1n) is 8.23. The lowest BCUT2D eigenvalue weighted by Gasteiger charge is -2.27. The van der Waals surface area contributed by atoms with Gasteiger partial charge >= 0.3 is 0 Å². The number of guanidine groups is 1. The van der Waals surface area contributed by atoms with Crippen LogP contribution in [0.4, 0.5) is 4.39 Å². The Hall–Kier alpha value is -1.66. The molecule has 0 unspecified atom stereocenters. The molecule has 0 aliphatic heterocycles. The molecule has 0 amide bonds. The number of aliphatic hydroxyl groups is 2. The van der Waals surface area contributed by atoms with Crippen LogP contribution in [0.1, 0.15) is 43.7 Å². The quantitative estimate of drug-likeness (QED) is 0.491. The van der Waals surface area contributed by atoms with Crippen molar-refractivity contribution in [2.75, 3.05) is 6.54 Å². The minimum Gasteiger partial charge on any atom is -0.393 e. The average Bonchev–Trinajstić information content (AvgIpc) is 2.56. The Labute approximate surface area is 136 Å². The maximum atomic E-state index is 13.4. The molecule has 0 heterocycles. The molecule has 1 saturated carbocycles. The molecular formula is C17H26FN3O2. The third kappa shape index (κ3) is 5.48. The molecule has 0 saturated heterocycles. The highest BCUT2D eigenvalue weighted by Crippen LogP contribution is 2.18. The highest BCUT2D eigenvalue weighted by molar-refractivity contribution is 5.80. The van der Waals surface area contributed by atoms with Crippen molar-refractivity contribution in [2.24, 2.45) is 4.99 Å². The van der Waals surface area contributed by atoms with Crippen LogP contribution in [-0.4, -0.2) is 34.9 Å². The zero-order valence-electron chi connectivity index (χ0n) is 13.6. The average molecular weight is 323 g/mol. The van der Waals surface area contributed by atoms with Gasteiger partial charge in [0.15, 0.2) is 5.96 Å². The second-order valence-corrected chi connectivity index (χ2v) is 5.93. The third-order valence-corrected chi connectivity index (χ3v) is 4.08. The number of aliphatic hydroxyl groups excluding tert-OH is 2. The van der Waals surface area contributed by atoms with Gasteiger partial charge in [-0.1, -0.05) is 6.07 Å². The summed E-state index contributed by atoms with van der Waals surface area (Å²) in [4.78, 5) is 4.53. The van der Waals surface area contributed by atoms with E-state index in [-0.39, 0.29) is 18.3 Å². The molecule has 1 aliphatic carbocycles. The van der Waals surface area contributed by atoms with E-state index in [2.05, 4.69) is 15.6 Å². The standard InChI is InChI=1S/C17H26FN3O2/c1-2-19-17(21-14-4-6-15(23)7-5-14)20-10-12-3-8-16(18)13(9-12)11-22/h3,8-9,14-15,22-23H,2,4-7,10-11H2,1H3,(H2,19,20,21). The van der Waals surface area contributed by atoms with Gasteiger partial charge in [0.25, 0.3) is 0 Å². The van der Waals surface area contributed by atoms with Gasteiger partial charge in [-0.05, 0) is 50.3 Å². The molecule has 2 rings (SSSR count). The molecule has 23 heavy (non-hydrogen) atoms. The highest BCUT2D eigenvalue weighted by Gasteiger charge is 2.19. The summed E-state index contributed by atoms with van der Waals surface area (Å²) in [6.07, 6.45) is 3.31. The van der Waals surface area contributed by atoms with Gasteiger partial charge in [-0.2, -0.15) is 0 Å². The number of rotatable bonds is 5. The van der Waals surface area contributed by atoms with Crippen LogP contribution >= 0.6 is 0 Å². The van der Waals surface area contributed by atoms with Gasteiger partial charge in [0, 0.05) is 18.2 Å². The number of aliphatic imine (C=N–C) groups is 1. The molecule has 0 radical (unpaired) electrons. The van der Waals surface area contributed by atoms with Gasteiger partial charge < -0.3 is 20.8 Å². The molecule has 1 fully saturated rings. The van der Waals surface area contributed by atoms with Crippen LogP contribution in [0.3, 0.4) is 0 Å². The van der Waals surface area contributed by atoms with E-state index in [9.17, 15) is 9.50 Å². The lowest BCUT2D eigenvalue weighted by Crippen LogP contribution is -2.45. The normalized spacial score (nSPS) is 22.0. The van der Waals surface area contributed by atoms with E-state index < -0.39 is 5.82 Å². The molecule has 0 spiro atoms. The van der Waals surface area contributed by atoms with Crippen LogP contribution < -0.4 is 10.6 Å². The predicted molar refractivity (Wildman–Crippen MR) is 88.5 cm³/mol. The summed E-state index contributed by atoms with van der Waals surface area (Å²) < 4.78 is 13.4. The van der Waals surface area contributed by atoms with Gasteiger partial charge in [-0.25, -0.2) is 9.38 Å². The van der Waals surface area contributed by atoms with Crippen molar-refractivity contribution in [1.82, 2.24) is 10.6 Å². The summed E-state index contributed by atoms with van der Waals surface area (Å²) in [6.45, 7) is 2.86. The van der Waals surface area contributed by atoms with E-state index in [1.165, 1.54) is 6.07 Å². The van der Waals surface area contributed by atoms with Crippen LogP contribution in [0, 0.1) is 5.82 Å². The van der Waals surface area contributed by atoms with Crippen molar-refractivity contribution in [1.29, 1.82) is 0 Å². The van der Waals surface area contributed by atoms with Crippen molar-refractivity contribution >= 4 is 5.96 Å². The Morgan fingerprint density at radius 3 is 2.70 bits per heavy atom. The summed E-state index contributed by atoms with van der Waals surface area (Å²) in [6, 6.07) is 4.99. The van der Waals surface area contributed by atoms with E-state index in [0.29, 0.717) is 12.6 Å². The van der Waals surface area contributed by atoms with Crippen LogP contribution in [0.5, 0.6) is 0 Å². The van der Waals surface area contributed by atoms with Gasteiger partial charge in [0.2, 0.25) is 0 Å². The summed E-state index contributed by atoms with van der Waals surface area (Å²) in [7, 11) is 0. The number of nitrogens with one attached hydrogen (secondary N) is 2. The van der Waals surface area contributed by atoms with Crippen molar-refractivity contribution in [3.05, 3.63) is 35.1 Å². The Kier molecular flexibility index (Phi) is 6.80. The van der Waals surface area contributed by atoms with E-state index in [0.717, 1.165) is 43.8 Å². The second kappa shape index (κ2) is 8.84. The third-order valence-electron chi connectivity index (χ3n) is 4.08. The predicted octanol–water partition coefficient (Wildman–Crippen LogP) is 1.68. The topological polar surface area (TPSA) is 76.9 Å². The first-order chi connectivity index (χ1) is 11.1. The zero-order valence-corrected chi connectivity index (χ0v) is 13.6. The van der Waals surface area contributed by atoms with Crippen molar-refractivity contribution < 1.29 is 14.6 Å². The summed E-state index contributed by atoms with van der Waals surface area (Å²) in [5.74, 6) is 0.329. The van der Waals surface area contributed by atoms with Gasteiger partial charge in [-0.15, -0.1) is 0 Å². The Balaban J connectivity index is 1.98. The van der Waals surface area contributed by atoms with Crippen molar-refractivity contribution in [3.8, 4) is 0 Å². The van der Waals surface area contributed by atoms with Crippen LogP contribution in [0.15, 0.2) is 23.2 Å². The Morgan fingerprint density at radius 2 is 2.04 bits per heavy atom. The maximum absolute atomic E-state index is 13.4. The lowest BCUT2D eigenvalue weighted by molar-refractivity contribution is 0.120. The van der Waals surface area contributed by atoms with E-state index in [1.54, 1.807) is 12.1 Å². The summed E-state index contributed by atoms with van der Waals surface area (Å²) in [5, 5.41) is 25.3. The summed E-state index contributed by atoms with van der Waals surface area (Å²) >= 11 is 0. The van der Waals surface area contributed by atoms with Gasteiger partial charge in [-0.3, -0.25) is 0 Å². The largest absolute Gasteiger partial charge is 0.393 e. The zero-order chi connectivity index (χ0) is 16.7. The molecule has 0 atom stereocenters. The molecule has 0 bridgehead atoms. The minimum atomic E-state index is -0.397. The molecule has 1 aliphatic rings. The molecular weight excluding hydrogens is 297 g/mol. The number of hydrogen-bond donors (Lipinski definition) is 4. The minimum absolute atomic E-state index is 0.177. The van der Waals surface area contributed by atoms with Crippen LogP contribution in [0.25, 0.3) is 0 Å². The number of benzene rings is 1. The Bertz CT molecular complexity index is 529. The monoisotopic (exact) mass is 323 g/mol. The summed E-state index contributed by atoms with van der Waals surface area (Å²) in [5.41, 5.74) is 1.14. The number of hydrogen-bond acceptors (Lipinski definition) is 3. The molecule has 5 nitrogen and oxygen atoms in total. The fourth-order valence-electron chi connectivity index (χ4n) is 2.75.